The van der Waals surface area contributed by atoms with Gasteiger partial charge in [-0.15, -0.1) is 52.7 Å². The molecule has 0 saturated heterocycles. The van der Waals surface area contributed by atoms with E-state index in [1.165, 1.54) is 38.8 Å². The maximum atomic E-state index is 4.93. The van der Waals surface area contributed by atoms with Gasteiger partial charge in [-0.25, -0.2) is 12.2 Å². The second kappa shape index (κ2) is 11.3. The van der Waals surface area contributed by atoms with Gasteiger partial charge in [0.05, 0.1) is 0 Å². The van der Waals surface area contributed by atoms with Crippen molar-refractivity contribution in [2.75, 3.05) is 0 Å². The summed E-state index contributed by atoms with van der Waals surface area (Å²) in [5, 5.41) is 2.62. The molecule has 0 bridgehead atoms. The quantitative estimate of drug-likeness (QED) is 0.196. The number of aryl methyl sites for hydroxylation is 2. The first-order valence-corrected chi connectivity index (χ1v) is 17.0. The number of aromatic nitrogens is 2. The van der Waals surface area contributed by atoms with Gasteiger partial charge in [0, 0.05) is 24.3 Å². The molecule has 1 aliphatic rings. The van der Waals surface area contributed by atoms with Gasteiger partial charge in [-0.3, -0.25) is 0 Å². The van der Waals surface area contributed by atoms with Crippen LogP contribution in [-0.4, -0.2) is 9.13 Å². The summed E-state index contributed by atoms with van der Waals surface area (Å²) in [6.07, 6.45) is 11.8. The van der Waals surface area contributed by atoms with E-state index < -0.39 is 20.8 Å². The molecule has 5 aromatic rings. The monoisotopic (exact) mass is 548 g/mol. The van der Waals surface area contributed by atoms with Gasteiger partial charge < -0.3 is 9.13 Å². The van der Waals surface area contributed by atoms with E-state index in [9.17, 15) is 0 Å². The second-order valence-electron chi connectivity index (χ2n) is 7.92. The predicted molar refractivity (Wildman–Crippen MR) is 137 cm³/mol. The Morgan fingerprint density at radius 1 is 0.909 bits per heavy atom. The third kappa shape index (κ3) is 5.66. The first-order valence-electron chi connectivity index (χ1n) is 10.7. The molecule has 0 radical (unpaired) electrons. The number of allylic oxidation sites excluding steroid dienone is 1. The zero-order valence-corrected chi connectivity index (χ0v) is 22.5. The summed E-state index contributed by atoms with van der Waals surface area (Å²) in [5.41, 5.74) is 6.47. The summed E-state index contributed by atoms with van der Waals surface area (Å²) in [4.78, 5) is 0. The van der Waals surface area contributed by atoms with Crippen molar-refractivity contribution < 1.29 is 20.8 Å². The van der Waals surface area contributed by atoms with Crippen molar-refractivity contribution in [2.45, 2.75) is 19.9 Å². The van der Waals surface area contributed by atoms with Crippen molar-refractivity contribution >= 4 is 33.9 Å². The fraction of sp³-hybridized carbons (Fsp3) is 0.107. The Hall–Kier alpha value is -2.19. The molecule has 2 heterocycles. The molecule has 2 nitrogen and oxygen atoms in total. The minimum atomic E-state index is -0.826. The first kappa shape index (κ1) is 24.0. The predicted octanol–water partition coefficient (Wildman–Crippen LogP) is 8.25. The van der Waals surface area contributed by atoms with Crippen LogP contribution in [0.3, 0.4) is 0 Å². The third-order valence-corrected chi connectivity index (χ3v) is 5.64. The van der Waals surface area contributed by atoms with E-state index in [0.29, 0.717) is 0 Å². The van der Waals surface area contributed by atoms with E-state index in [2.05, 4.69) is 120 Å². The Morgan fingerprint density at radius 2 is 1.61 bits per heavy atom. The Morgan fingerprint density at radius 3 is 2.30 bits per heavy atom. The number of nitrogens with zero attached hydrogens (tertiary/aromatic N) is 2. The average Bonchev–Trinajstić information content (AvgIpc) is 3.60. The topological polar surface area (TPSA) is 9.86 Å². The van der Waals surface area contributed by atoms with Crippen molar-refractivity contribution in [3.8, 4) is 5.69 Å². The molecule has 1 atom stereocenters. The zero-order valence-electron chi connectivity index (χ0n) is 18.5. The molecule has 0 fully saturated rings. The van der Waals surface area contributed by atoms with Gasteiger partial charge in [0.2, 0.25) is 0 Å². The van der Waals surface area contributed by atoms with Crippen molar-refractivity contribution in [2.24, 2.45) is 0 Å². The van der Waals surface area contributed by atoms with Crippen molar-refractivity contribution in [1.29, 1.82) is 0 Å². The van der Waals surface area contributed by atoms with Crippen LogP contribution >= 0.6 is 17.0 Å². The molecule has 0 amide bonds. The van der Waals surface area contributed by atoms with Crippen molar-refractivity contribution in [3.05, 3.63) is 126 Å². The van der Waals surface area contributed by atoms with Crippen molar-refractivity contribution in [3.63, 3.8) is 0 Å². The van der Waals surface area contributed by atoms with Crippen LogP contribution in [0.25, 0.3) is 22.5 Å². The first-order chi connectivity index (χ1) is 16.1. The van der Waals surface area contributed by atoms with E-state index in [0.717, 1.165) is 0 Å². The van der Waals surface area contributed by atoms with E-state index in [4.69, 9.17) is 17.0 Å². The van der Waals surface area contributed by atoms with Crippen LogP contribution in [0, 0.1) is 19.9 Å². The Bertz CT molecular complexity index is 1310. The fourth-order valence-electron chi connectivity index (χ4n) is 4.21. The SMILES string of the molecule is Cc1cc(C)n(-c2cc3ccccc3[cH-]2)c1.[C-]1=Cc2ccccc2C1n1cccc1.[Cl][Zr+2][Cl]. The molecular formula is C28H24Cl2N2Zr. The maximum absolute atomic E-state index is 4.93. The molecule has 2 aromatic heterocycles. The molecule has 0 N–H and O–H groups in total. The van der Waals surface area contributed by atoms with E-state index >= 15 is 0 Å². The van der Waals surface area contributed by atoms with Gasteiger partial charge in [-0.05, 0) is 49.3 Å². The molecule has 1 unspecified atom stereocenters. The standard InChI is InChI=1S/C15H14N.C13H10N.2ClH.Zr/c1-11-7-12(2)16(10-11)15-8-13-5-3-4-6-14(13)9-15;1-2-6-12-11(5-1)7-8-13(12)14-9-3-4-10-14;;;/h3-10H,1-2H3;1-7,9-10,13H;2*1H;/q2*-1;;;+4/p-2. The Balaban J connectivity index is 0.000000142. The number of hydrogen-bond acceptors (Lipinski definition) is 0. The van der Waals surface area contributed by atoms with Crippen LogP contribution in [-0.2, 0) is 20.8 Å². The fourth-order valence-corrected chi connectivity index (χ4v) is 4.21. The van der Waals surface area contributed by atoms with Crippen LogP contribution in [0.2, 0.25) is 0 Å². The zero-order chi connectivity index (χ0) is 23.2. The number of fused-ring (bicyclic) bond motifs is 2. The molecule has 164 valence electrons. The second-order valence-corrected chi connectivity index (χ2v) is 11.6. The van der Waals surface area contributed by atoms with Gasteiger partial charge in [0.15, 0.2) is 0 Å². The molecule has 0 aliphatic heterocycles. The summed E-state index contributed by atoms with van der Waals surface area (Å²) < 4.78 is 4.41. The number of benzene rings is 2. The molecule has 5 heteroatoms. The van der Waals surface area contributed by atoms with Crippen LogP contribution in [0.1, 0.15) is 28.4 Å². The van der Waals surface area contributed by atoms with Crippen LogP contribution in [0.5, 0.6) is 0 Å². The van der Waals surface area contributed by atoms with Crippen LogP contribution in [0.15, 0.2) is 97.5 Å². The van der Waals surface area contributed by atoms with E-state index in [1.807, 2.05) is 12.1 Å². The number of rotatable bonds is 2. The molecule has 33 heavy (non-hydrogen) atoms. The number of halogens is 2. The van der Waals surface area contributed by atoms with Gasteiger partial charge in [0.1, 0.15) is 0 Å². The minimum absolute atomic E-state index is 0.265. The molecule has 6 rings (SSSR count). The Labute approximate surface area is 214 Å². The van der Waals surface area contributed by atoms with Gasteiger partial charge in [0.25, 0.3) is 0 Å². The molecule has 0 saturated carbocycles. The van der Waals surface area contributed by atoms with Crippen molar-refractivity contribution in [1.82, 2.24) is 9.13 Å². The molecule has 3 aromatic carbocycles. The number of hydrogen-bond donors (Lipinski definition) is 0. The van der Waals surface area contributed by atoms with Gasteiger partial charge in [-0.2, -0.15) is 5.56 Å². The van der Waals surface area contributed by atoms with E-state index in [1.54, 1.807) is 0 Å². The van der Waals surface area contributed by atoms with Gasteiger partial charge in [-0.1, -0.05) is 24.3 Å². The summed E-state index contributed by atoms with van der Waals surface area (Å²) in [6, 6.07) is 28.0. The molecular weight excluding hydrogens is 526 g/mol. The van der Waals surface area contributed by atoms with Crippen LogP contribution in [0.4, 0.5) is 0 Å². The normalized spacial score (nSPS) is 13.5. The third-order valence-electron chi connectivity index (χ3n) is 5.64. The Kier molecular flexibility index (Phi) is 8.20. The summed E-state index contributed by atoms with van der Waals surface area (Å²) in [5.74, 6) is 0. The van der Waals surface area contributed by atoms with Gasteiger partial charge >= 0.3 is 37.9 Å². The van der Waals surface area contributed by atoms with E-state index in [-0.39, 0.29) is 6.04 Å². The molecule has 1 aliphatic carbocycles. The van der Waals surface area contributed by atoms with Crippen LogP contribution < -0.4 is 0 Å². The average molecular weight is 551 g/mol. The summed E-state index contributed by atoms with van der Waals surface area (Å²) in [7, 11) is 9.87. The summed E-state index contributed by atoms with van der Waals surface area (Å²) >= 11 is -0.826. The summed E-state index contributed by atoms with van der Waals surface area (Å²) in [6.45, 7) is 4.27. The molecule has 0 spiro atoms.